The molecule has 0 N–H and O–H groups in total. The number of methoxy groups -OCH3 is 1. The predicted octanol–water partition coefficient (Wildman–Crippen LogP) is 5.93. The maximum absolute atomic E-state index is 14.4. The number of esters is 2. The van der Waals surface area contributed by atoms with Crippen molar-refractivity contribution < 1.29 is 42.9 Å². The van der Waals surface area contributed by atoms with E-state index in [-0.39, 0.29) is 43.4 Å². The Morgan fingerprint density at radius 2 is 1.73 bits per heavy atom. The lowest BCUT2D eigenvalue weighted by molar-refractivity contribution is -0.146. The summed E-state index contributed by atoms with van der Waals surface area (Å²) in [5.41, 5.74) is 1.45. The molecule has 1 aromatic carbocycles. The van der Waals surface area contributed by atoms with Crippen LogP contribution in [0, 0.1) is 5.92 Å². The number of ether oxygens (including phenoxy) is 5. The number of nitrogens with zero attached hydrogens (tertiary/aromatic N) is 3. The molecule has 3 rings (SSSR count). The smallest absolute Gasteiger partial charge is 0.410 e. The maximum Gasteiger partial charge on any atom is 0.410 e. The van der Waals surface area contributed by atoms with E-state index in [2.05, 4.69) is 4.99 Å². The van der Waals surface area contributed by atoms with Crippen molar-refractivity contribution in [2.24, 2.45) is 10.9 Å². The molecule has 49 heavy (non-hydrogen) atoms. The van der Waals surface area contributed by atoms with E-state index >= 15 is 0 Å². The average Bonchev–Trinajstić information content (AvgIpc) is 3.02. The Kier molecular flexibility index (Phi) is 14.2. The van der Waals surface area contributed by atoms with Crippen LogP contribution in [0.15, 0.2) is 34.5 Å². The Balaban J connectivity index is 2.10. The van der Waals surface area contributed by atoms with Crippen molar-refractivity contribution >= 4 is 29.7 Å². The summed E-state index contributed by atoms with van der Waals surface area (Å²) >= 11 is 0. The molecule has 1 saturated heterocycles. The molecule has 12 nitrogen and oxygen atoms in total. The van der Waals surface area contributed by atoms with Crippen molar-refractivity contribution in [1.29, 1.82) is 0 Å². The Hall–Kier alpha value is -3.93. The molecular formula is C37H55N3O9. The van der Waals surface area contributed by atoms with Gasteiger partial charge in [0.1, 0.15) is 17.3 Å². The van der Waals surface area contributed by atoms with Gasteiger partial charge in [0.05, 0.1) is 31.4 Å². The zero-order chi connectivity index (χ0) is 36.5. The lowest BCUT2D eigenvalue weighted by Gasteiger charge is -2.41. The number of benzene rings is 1. The molecule has 0 aliphatic carbocycles. The van der Waals surface area contributed by atoms with Gasteiger partial charge in [0.2, 0.25) is 0 Å². The number of piperidine rings is 1. The van der Waals surface area contributed by atoms with Crippen LogP contribution in [-0.4, -0.2) is 104 Å². The number of hydrogen-bond acceptors (Lipinski definition) is 10. The first kappa shape index (κ1) is 39.5. The van der Waals surface area contributed by atoms with Crippen molar-refractivity contribution in [2.75, 3.05) is 46.6 Å². The third kappa shape index (κ3) is 10.1. The van der Waals surface area contributed by atoms with Gasteiger partial charge >= 0.3 is 18.0 Å². The van der Waals surface area contributed by atoms with Crippen LogP contribution in [0.5, 0.6) is 5.75 Å². The van der Waals surface area contributed by atoms with Gasteiger partial charge < -0.3 is 33.5 Å². The molecule has 2 unspecified atom stereocenters. The fourth-order valence-electron chi connectivity index (χ4n) is 6.46. The fourth-order valence-corrected chi connectivity index (χ4v) is 6.46. The molecule has 3 atom stereocenters. The largest absolute Gasteiger partial charge is 0.493 e. The summed E-state index contributed by atoms with van der Waals surface area (Å²) < 4.78 is 28.1. The summed E-state index contributed by atoms with van der Waals surface area (Å²) in [6.45, 7) is 18.2. The van der Waals surface area contributed by atoms with E-state index in [0.717, 1.165) is 12.8 Å². The van der Waals surface area contributed by atoms with Crippen LogP contribution >= 0.6 is 0 Å². The molecule has 2 amide bonds. The van der Waals surface area contributed by atoms with Crippen LogP contribution in [-0.2, 0) is 28.5 Å². The zero-order valence-electron chi connectivity index (χ0n) is 30.9. The standard InChI is InChI=1S/C37H55N3O9/c1-11-46-34(42)30-24(5)38-25(6)31(35(43)47-12-2)32(30)28-17-16-26(21-29(28)48-20-14-19-45-10)33(41)40(23(3)4)27-15-13-18-39(22-27)36(44)49-37(7,8)9/h16-17,21,23,27,30,32H,11-15,18-20,22H2,1-10H3/t27-,30?,32?/m1/s1. The van der Waals surface area contributed by atoms with E-state index in [9.17, 15) is 19.2 Å². The number of rotatable bonds is 13. The summed E-state index contributed by atoms with van der Waals surface area (Å²) in [7, 11) is 1.60. The van der Waals surface area contributed by atoms with Gasteiger partial charge in [0, 0.05) is 67.7 Å². The SMILES string of the molecule is CCOC(=O)C1=C(C)N=C(C)C(C(=O)OCC)C1c1ccc(C(=O)N(C(C)C)[C@@H]2CCCN(C(=O)OC(C)(C)C)C2)cc1OCCCOC. The number of allylic oxidation sites excluding steroid dienone is 1. The Morgan fingerprint density at radius 3 is 2.35 bits per heavy atom. The summed E-state index contributed by atoms with van der Waals surface area (Å²) in [4.78, 5) is 62.3. The van der Waals surface area contributed by atoms with Crippen LogP contribution in [0.4, 0.5) is 4.79 Å². The van der Waals surface area contributed by atoms with Gasteiger partial charge in [-0.15, -0.1) is 0 Å². The van der Waals surface area contributed by atoms with Gasteiger partial charge in [0.25, 0.3) is 5.91 Å². The first-order chi connectivity index (χ1) is 23.1. The van der Waals surface area contributed by atoms with Crippen molar-refractivity contribution in [2.45, 2.75) is 105 Å². The zero-order valence-corrected chi connectivity index (χ0v) is 30.9. The quantitative estimate of drug-likeness (QED) is 0.141. The van der Waals surface area contributed by atoms with Gasteiger partial charge in [0.15, 0.2) is 0 Å². The van der Waals surface area contributed by atoms with Crippen LogP contribution in [0.3, 0.4) is 0 Å². The normalized spacial score (nSPS) is 19.7. The minimum Gasteiger partial charge on any atom is -0.493 e. The third-order valence-electron chi connectivity index (χ3n) is 8.44. The average molecular weight is 686 g/mol. The van der Waals surface area contributed by atoms with E-state index < -0.39 is 35.5 Å². The summed E-state index contributed by atoms with van der Waals surface area (Å²) in [6.07, 6.45) is 1.64. The molecule has 0 aromatic heterocycles. The number of carbonyl (C=O) groups is 4. The van der Waals surface area contributed by atoms with E-state index in [4.69, 9.17) is 23.7 Å². The lowest BCUT2D eigenvalue weighted by Crippen LogP contribution is -2.54. The summed E-state index contributed by atoms with van der Waals surface area (Å²) in [5.74, 6) is -2.73. The van der Waals surface area contributed by atoms with Crippen LogP contribution in [0.25, 0.3) is 0 Å². The van der Waals surface area contributed by atoms with E-state index in [1.165, 1.54) is 0 Å². The molecule has 0 radical (unpaired) electrons. The van der Waals surface area contributed by atoms with Crippen LogP contribution in [0.2, 0.25) is 0 Å². The second-order valence-electron chi connectivity index (χ2n) is 13.7. The third-order valence-corrected chi connectivity index (χ3v) is 8.44. The molecule has 1 aromatic rings. The summed E-state index contributed by atoms with van der Waals surface area (Å²) in [6, 6.07) is 4.72. The minimum atomic E-state index is -0.917. The molecule has 1 fully saturated rings. The number of amides is 2. The first-order valence-corrected chi connectivity index (χ1v) is 17.3. The predicted molar refractivity (Wildman–Crippen MR) is 186 cm³/mol. The fraction of sp³-hybridized carbons (Fsp3) is 0.649. The van der Waals surface area contributed by atoms with E-state index in [0.29, 0.717) is 54.4 Å². The summed E-state index contributed by atoms with van der Waals surface area (Å²) in [5, 5.41) is 0. The Bertz CT molecular complexity index is 1410. The van der Waals surface area contributed by atoms with Gasteiger partial charge in [-0.25, -0.2) is 9.59 Å². The topological polar surface area (TPSA) is 133 Å². The molecule has 0 saturated carbocycles. The van der Waals surface area contributed by atoms with Crippen molar-refractivity contribution in [3.8, 4) is 5.75 Å². The van der Waals surface area contributed by atoms with Gasteiger partial charge in [-0.2, -0.15) is 0 Å². The molecular weight excluding hydrogens is 630 g/mol. The number of aliphatic imine (C=N–C) groups is 1. The molecule has 2 aliphatic heterocycles. The highest BCUT2D eigenvalue weighted by Gasteiger charge is 2.44. The second-order valence-corrected chi connectivity index (χ2v) is 13.7. The molecule has 0 bridgehead atoms. The Morgan fingerprint density at radius 1 is 1.04 bits per heavy atom. The number of carbonyl (C=O) groups excluding carboxylic acids is 4. The Labute approximate surface area is 291 Å². The van der Waals surface area contributed by atoms with Crippen molar-refractivity contribution in [3.63, 3.8) is 0 Å². The molecule has 0 spiro atoms. The van der Waals surface area contributed by atoms with Crippen LogP contribution < -0.4 is 4.74 Å². The molecule has 12 heteroatoms. The number of likely N-dealkylation sites (tertiary alicyclic amines) is 1. The molecule has 272 valence electrons. The van der Waals surface area contributed by atoms with E-state index in [1.54, 1.807) is 57.9 Å². The number of hydrogen-bond donors (Lipinski definition) is 0. The van der Waals surface area contributed by atoms with E-state index in [1.807, 2.05) is 39.5 Å². The maximum atomic E-state index is 14.4. The minimum absolute atomic E-state index is 0.139. The van der Waals surface area contributed by atoms with Crippen LogP contribution in [0.1, 0.15) is 103 Å². The monoisotopic (exact) mass is 685 g/mol. The van der Waals surface area contributed by atoms with Gasteiger partial charge in [-0.1, -0.05) is 6.07 Å². The highest BCUT2D eigenvalue weighted by atomic mass is 16.6. The van der Waals surface area contributed by atoms with Gasteiger partial charge in [-0.05, 0) is 87.3 Å². The highest BCUT2D eigenvalue weighted by molar-refractivity contribution is 6.07. The van der Waals surface area contributed by atoms with Crippen molar-refractivity contribution in [3.05, 3.63) is 40.6 Å². The van der Waals surface area contributed by atoms with Gasteiger partial charge in [-0.3, -0.25) is 14.6 Å². The molecule has 2 aliphatic rings. The second kappa shape index (κ2) is 17.6. The lowest BCUT2D eigenvalue weighted by atomic mass is 9.75. The van der Waals surface area contributed by atoms with Crippen molar-refractivity contribution in [1.82, 2.24) is 9.80 Å². The highest BCUT2D eigenvalue weighted by Crippen LogP contribution is 2.44. The molecule has 2 heterocycles. The first-order valence-electron chi connectivity index (χ1n) is 17.3.